The van der Waals surface area contributed by atoms with E-state index in [1.54, 1.807) is 0 Å². The molecule has 2 fully saturated rings. The molecule has 0 saturated carbocycles. The lowest BCUT2D eigenvalue weighted by Crippen LogP contribution is -2.51. The zero-order valence-electron chi connectivity index (χ0n) is 8.92. The number of benzene rings is 1. The highest BCUT2D eigenvalue weighted by Gasteiger charge is 2.32. The highest BCUT2D eigenvalue weighted by molar-refractivity contribution is 6.42. The Labute approximate surface area is 106 Å². The molecule has 4 heteroatoms. The van der Waals surface area contributed by atoms with E-state index in [9.17, 15) is 0 Å². The van der Waals surface area contributed by atoms with Gasteiger partial charge >= 0.3 is 0 Å². The topological polar surface area (TPSA) is 15.3 Å². The zero-order valence-corrected chi connectivity index (χ0v) is 10.4. The second-order valence-electron chi connectivity index (χ2n) is 4.64. The van der Waals surface area contributed by atoms with Crippen LogP contribution in [0.25, 0.3) is 0 Å². The summed E-state index contributed by atoms with van der Waals surface area (Å²) in [5, 5.41) is 4.89. The Morgan fingerprint density at radius 2 is 1.75 bits per heavy atom. The minimum absolute atomic E-state index is 0.628. The van der Waals surface area contributed by atoms with E-state index < -0.39 is 0 Å². The van der Waals surface area contributed by atoms with Gasteiger partial charge in [-0.2, -0.15) is 0 Å². The Balaban J connectivity index is 1.84. The fourth-order valence-corrected chi connectivity index (χ4v) is 2.98. The Morgan fingerprint density at radius 1 is 1.06 bits per heavy atom. The monoisotopic (exact) mass is 256 g/mol. The molecular weight excluding hydrogens is 243 g/mol. The molecule has 0 aromatic heterocycles. The van der Waals surface area contributed by atoms with Crippen molar-refractivity contribution in [2.24, 2.45) is 0 Å². The zero-order chi connectivity index (χ0) is 11.1. The normalized spacial score (nSPS) is 28.5. The van der Waals surface area contributed by atoms with Crippen molar-refractivity contribution >= 4 is 28.9 Å². The van der Waals surface area contributed by atoms with Gasteiger partial charge in [0.2, 0.25) is 0 Å². The van der Waals surface area contributed by atoms with Gasteiger partial charge in [0.25, 0.3) is 0 Å². The number of nitrogens with zero attached hydrogens (tertiary/aromatic N) is 1. The summed E-state index contributed by atoms with van der Waals surface area (Å²) in [6, 6.07) is 7.19. The smallest absolute Gasteiger partial charge is 0.0612 e. The van der Waals surface area contributed by atoms with Crippen LogP contribution in [0.2, 0.25) is 10.0 Å². The fourth-order valence-electron chi connectivity index (χ4n) is 2.69. The Morgan fingerprint density at radius 3 is 2.38 bits per heavy atom. The number of piperazine rings is 1. The summed E-state index contributed by atoms with van der Waals surface area (Å²) in [5.74, 6) is 0. The molecule has 2 nitrogen and oxygen atoms in total. The van der Waals surface area contributed by atoms with Crippen LogP contribution in [0.5, 0.6) is 0 Å². The van der Waals surface area contributed by atoms with E-state index in [1.165, 1.54) is 18.5 Å². The summed E-state index contributed by atoms with van der Waals surface area (Å²) in [7, 11) is 0. The molecule has 86 valence electrons. The van der Waals surface area contributed by atoms with Gasteiger partial charge in [-0.3, -0.25) is 0 Å². The van der Waals surface area contributed by atoms with Gasteiger partial charge in [-0.1, -0.05) is 23.2 Å². The molecule has 1 N–H and O–H groups in total. The third-order valence-electron chi connectivity index (χ3n) is 3.48. The summed E-state index contributed by atoms with van der Waals surface area (Å²) < 4.78 is 0. The predicted octanol–water partition coefficient (Wildman–Crippen LogP) is 2.93. The molecule has 1 aromatic carbocycles. The van der Waals surface area contributed by atoms with Crippen LogP contribution in [0.3, 0.4) is 0 Å². The van der Waals surface area contributed by atoms with Gasteiger partial charge in [0.1, 0.15) is 0 Å². The summed E-state index contributed by atoms with van der Waals surface area (Å²) in [6.45, 7) is 2.16. The first kappa shape index (κ1) is 10.7. The molecule has 0 amide bonds. The highest BCUT2D eigenvalue weighted by Crippen LogP contribution is 2.30. The summed E-state index contributed by atoms with van der Waals surface area (Å²) >= 11 is 12.0. The van der Waals surface area contributed by atoms with Crippen molar-refractivity contribution in [2.45, 2.75) is 24.9 Å². The lowest BCUT2D eigenvalue weighted by Gasteiger charge is -2.34. The Hall–Kier alpha value is -0.440. The van der Waals surface area contributed by atoms with Crippen molar-refractivity contribution in [1.29, 1.82) is 0 Å². The minimum atomic E-state index is 0.628. The molecular formula is C12H14Cl2N2. The Bertz CT molecular complexity index is 396. The van der Waals surface area contributed by atoms with E-state index >= 15 is 0 Å². The lowest BCUT2D eigenvalue weighted by molar-refractivity contribution is 0.466. The summed E-state index contributed by atoms with van der Waals surface area (Å²) in [6.07, 6.45) is 2.59. The number of fused-ring (bicyclic) bond motifs is 2. The molecule has 2 saturated heterocycles. The van der Waals surface area contributed by atoms with Gasteiger partial charge in [0, 0.05) is 30.9 Å². The molecule has 2 aliphatic rings. The van der Waals surface area contributed by atoms with Crippen molar-refractivity contribution in [1.82, 2.24) is 5.32 Å². The molecule has 2 aliphatic heterocycles. The molecule has 2 bridgehead atoms. The van der Waals surface area contributed by atoms with Gasteiger partial charge < -0.3 is 10.2 Å². The lowest BCUT2D eigenvalue weighted by atomic mass is 10.2. The largest absolute Gasteiger partial charge is 0.368 e. The molecule has 2 heterocycles. The van der Waals surface area contributed by atoms with E-state index in [1.807, 2.05) is 12.1 Å². The number of rotatable bonds is 1. The van der Waals surface area contributed by atoms with Gasteiger partial charge in [0.15, 0.2) is 0 Å². The SMILES string of the molecule is Clc1ccc(N2CC3CCC(C2)N3)cc1Cl. The quantitative estimate of drug-likeness (QED) is 0.832. The van der Waals surface area contributed by atoms with E-state index in [2.05, 4.69) is 16.3 Å². The van der Waals surface area contributed by atoms with Crippen LogP contribution in [0, 0.1) is 0 Å². The number of nitrogens with one attached hydrogen (secondary N) is 1. The first-order chi connectivity index (χ1) is 7.72. The van der Waals surface area contributed by atoms with E-state index in [4.69, 9.17) is 23.2 Å². The number of hydrogen-bond donors (Lipinski definition) is 1. The first-order valence-corrected chi connectivity index (χ1v) is 6.44. The molecule has 2 atom stereocenters. The van der Waals surface area contributed by atoms with Gasteiger partial charge in [-0.25, -0.2) is 0 Å². The van der Waals surface area contributed by atoms with Crippen LogP contribution in [0.1, 0.15) is 12.8 Å². The first-order valence-electron chi connectivity index (χ1n) is 5.68. The maximum absolute atomic E-state index is 6.05. The van der Waals surface area contributed by atoms with Crippen molar-refractivity contribution < 1.29 is 0 Å². The fraction of sp³-hybridized carbons (Fsp3) is 0.500. The van der Waals surface area contributed by atoms with E-state index in [-0.39, 0.29) is 0 Å². The highest BCUT2D eigenvalue weighted by atomic mass is 35.5. The maximum Gasteiger partial charge on any atom is 0.0612 e. The Kier molecular flexibility index (Phi) is 2.74. The van der Waals surface area contributed by atoms with E-state index in [0.29, 0.717) is 22.1 Å². The van der Waals surface area contributed by atoms with Crippen molar-refractivity contribution in [3.63, 3.8) is 0 Å². The summed E-state index contributed by atoms with van der Waals surface area (Å²) in [5.41, 5.74) is 1.19. The molecule has 0 spiro atoms. The number of hydrogen-bond acceptors (Lipinski definition) is 2. The van der Waals surface area contributed by atoms with Crippen LogP contribution in [-0.4, -0.2) is 25.2 Å². The van der Waals surface area contributed by atoms with Crippen LogP contribution in [-0.2, 0) is 0 Å². The van der Waals surface area contributed by atoms with Gasteiger partial charge in [0.05, 0.1) is 10.0 Å². The van der Waals surface area contributed by atoms with Gasteiger partial charge in [-0.15, -0.1) is 0 Å². The molecule has 3 rings (SSSR count). The average molecular weight is 257 g/mol. The van der Waals surface area contributed by atoms with Crippen LogP contribution in [0.4, 0.5) is 5.69 Å². The van der Waals surface area contributed by atoms with Crippen LogP contribution >= 0.6 is 23.2 Å². The van der Waals surface area contributed by atoms with Crippen LogP contribution < -0.4 is 10.2 Å². The minimum Gasteiger partial charge on any atom is -0.368 e. The predicted molar refractivity (Wildman–Crippen MR) is 68.6 cm³/mol. The van der Waals surface area contributed by atoms with Crippen molar-refractivity contribution in [3.05, 3.63) is 28.2 Å². The molecule has 16 heavy (non-hydrogen) atoms. The standard InChI is InChI=1S/C12H14Cl2N2/c13-11-4-3-10(5-12(11)14)16-6-8-1-2-9(7-16)15-8/h3-5,8-9,15H,1-2,6-7H2. The second kappa shape index (κ2) is 4.10. The number of anilines is 1. The molecule has 0 radical (unpaired) electrons. The molecule has 2 unspecified atom stereocenters. The summed E-state index contributed by atoms with van der Waals surface area (Å²) in [4.78, 5) is 2.40. The second-order valence-corrected chi connectivity index (χ2v) is 5.46. The maximum atomic E-state index is 6.05. The molecule has 0 aliphatic carbocycles. The third kappa shape index (κ3) is 1.90. The van der Waals surface area contributed by atoms with Crippen molar-refractivity contribution in [2.75, 3.05) is 18.0 Å². The third-order valence-corrected chi connectivity index (χ3v) is 4.22. The molecule has 1 aromatic rings. The van der Waals surface area contributed by atoms with Crippen molar-refractivity contribution in [3.8, 4) is 0 Å². The van der Waals surface area contributed by atoms with Gasteiger partial charge in [-0.05, 0) is 31.0 Å². The number of halogens is 2. The van der Waals surface area contributed by atoms with Crippen LogP contribution in [0.15, 0.2) is 18.2 Å². The van der Waals surface area contributed by atoms with E-state index in [0.717, 1.165) is 13.1 Å². The average Bonchev–Trinajstić information content (AvgIpc) is 2.62.